The zero-order valence-electron chi connectivity index (χ0n) is 9.04. The van der Waals surface area contributed by atoms with Gasteiger partial charge in [-0.1, -0.05) is 18.2 Å². The van der Waals surface area contributed by atoms with Gasteiger partial charge < -0.3 is 15.2 Å². The van der Waals surface area contributed by atoms with Crippen molar-refractivity contribution in [2.45, 2.75) is 0 Å². The van der Waals surface area contributed by atoms with Crippen molar-refractivity contribution < 1.29 is 5.11 Å². The molecule has 17 heavy (non-hydrogen) atoms. The van der Waals surface area contributed by atoms with E-state index in [1.807, 2.05) is 36.7 Å². The molecular weight excluding hydrogens is 214 g/mol. The van der Waals surface area contributed by atoms with Gasteiger partial charge in [-0.15, -0.1) is 0 Å². The number of hydrogen-bond acceptors (Lipinski definition) is 3. The summed E-state index contributed by atoms with van der Waals surface area (Å²) >= 11 is 0. The van der Waals surface area contributed by atoms with Gasteiger partial charge in [0.15, 0.2) is 11.4 Å². The number of pyridine rings is 1. The van der Waals surface area contributed by atoms with E-state index in [1.165, 1.54) is 0 Å². The van der Waals surface area contributed by atoms with Crippen molar-refractivity contribution in [1.29, 1.82) is 0 Å². The molecule has 0 saturated carbocycles. The number of anilines is 1. The Balaban J connectivity index is 2.26. The second-order valence-corrected chi connectivity index (χ2v) is 3.84. The summed E-state index contributed by atoms with van der Waals surface area (Å²) in [7, 11) is 0. The minimum Gasteiger partial charge on any atom is -0.504 e. The summed E-state index contributed by atoms with van der Waals surface area (Å²) in [5.41, 5.74) is 8.74. The summed E-state index contributed by atoms with van der Waals surface area (Å²) in [5, 5.41) is 9.69. The number of imidazole rings is 1. The predicted octanol–water partition coefficient (Wildman–Crippen LogP) is 2.29. The number of benzene rings is 1. The fourth-order valence-electron chi connectivity index (χ4n) is 1.86. The SMILES string of the molecule is Nc1ccccc1-c1cn2cccc(O)c2n1. The third-order valence-electron chi connectivity index (χ3n) is 2.70. The average Bonchev–Trinajstić information content (AvgIpc) is 2.75. The van der Waals surface area contributed by atoms with Gasteiger partial charge in [0.05, 0.1) is 5.69 Å². The number of nitrogens with zero attached hydrogens (tertiary/aromatic N) is 2. The van der Waals surface area contributed by atoms with Crippen molar-refractivity contribution in [2.24, 2.45) is 0 Å². The third-order valence-corrected chi connectivity index (χ3v) is 2.70. The highest BCUT2D eigenvalue weighted by Crippen LogP contribution is 2.27. The summed E-state index contributed by atoms with van der Waals surface area (Å²) < 4.78 is 1.77. The van der Waals surface area contributed by atoms with Crippen LogP contribution in [0.15, 0.2) is 48.8 Å². The first-order valence-electron chi connectivity index (χ1n) is 5.27. The highest BCUT2D eigenvalue weighted by atomic mass is 16.3. The smallest absolute Gasteiger partial charge is 0.180 e. The first kappa shape index (κ1) is 9.72. The van der Waals surface area contributed by atoms with E-state index in [0.29, 0.717) is 11.3 Å². The molecule has 0 aliphatic rings. The number of aromatic hydroxyl groups is 1. The topological polar surface area (TPSA) is 63.5 Å². The molecule has 4 nitrogen and oxygen atoms in total. The molecule has 0 unspecified atom stereocenters. The minimum absolute atomic E-state index is 0.160. The predicted molar refractivity (Wildman–Crippen MR) is 66.7 cm³/mol. The summed E-state index contributed by atoms with van der Waals surface area (Å²) in [6.07, 6.45) is 3.69. The Labute approximate surface area is 98.0 Å². The van der Waals surface area contributed by atoms with Gasteiger partial charge in [0.25, 0.3) is 0 Å². The first-order valence-corrected chi connectivity index (χ1v) is 5.27. The molecule has 0 radical (unpaired) electrons. The molecule has 0 atom stereocenters. The molecule has 0 aliphatic heterocycles. The molecule has 0 fully saturated rings. The van der Waals surface area contributed by atoms with Crippen LogP contribution in [0.2, 0.25) is 0 Å². The Bertz CT molecular complexity index is 688. The standard InChI is InChI=1S/C13H11N3O/c14-10-5-2-1-4-9(10)11-8-16-7-3-6-12(17)13(16)15-11/h1-8,17H,14H2. The van der Waals surface area contributed by atoms with E-state index in [-0.39, 0.29) is 5.75 Å². The monoisotopic (exact) mass is 225 g/mol. The maximum Gasteiger partial charge on any atom is 0.180 e. The van der Waals surface area contributed by atoms with Gasteiger partial charge in [-0.3, -0.25) is 0 Å². The highest BCUT2D eigenvalue weighted by molar-refractivity contribution is 5.75. The molecule has 3 rings (SSSR count). The number of hydrogen-bond donors (Lipinski definition) is 2. The van der Waals surface area contributed by atoms with Crippen LogP contribution in [0.4, 0.5) is 5.69 Å². The van der Waals surface area contributed by atoms with Gasteiger partial charge in [0.2, 0.25) is 0 Å². The Kier molecular flexibility index (Phi) is 2.01. The molecule has 0 saturated heterocycles. The van der Waals surface area contributed by atoms with Gasteiger partial charge in [-0.25, -0.2) is 4.98 Å². The van der Waals surface area contributed by atoms with Gasteiger partial charge >= 0.3 is 0 Å². The lowest BCUT2D eigenvalue weighted by Crippen LogP contribution is -1.88. The average molecular weight is 225 g/mol. The Morgan fingerprint density at radius 2 is 1.94 bits per heavy atom. The number of para-hydroxylation sites is 1. The fourth-order valence-corrected chi connectivity index (χ4v) is 1.86. The Morgan fingerprint density at radius 1 is 1.12 bits per heavy atom. The van der Waals surface area contributed by atoms with Crippen molar-refractivity contribution in [3.63, 3.8) is 0 Å². The van der Waals surface area contributed by atoms with E-state index in [1.54, 1.807) is 16.5 Å². The molecular formula is C13H11N3O. The quantitative estimate of drug-likeness (QED) is 0.624. The van der Waals surface area contributed by atoms with Crippen molar-refractivity contribution in [1.82, 2.24) is 9.38 Å². The van der Waals surface area contributed by atoms with E-state index in [0.717, 1.165) is 11.3 Å². The largest absolute Gasteiger partial charge is 0.504 e. The van der Waals surface area contributed by atoms with Gasteiger partial charge in [-0.05, 0) is 18.2 Å². The normalized spacial score (nSPS) is 10.8. The summed E-state index contributed by atoms with van der Waals surface area (Å²) in [4.78, 5) is 4.38. The second kappa shape index (κ2) is 3.52. The van der Waals surface area contributed by atoms with Gasteiger partial charge in [0, 0.05) is 23.6 Å². The summed E-state index contributed by atoms with van der Waals surface area (Å²) in [6.45, 7) is 0. The van der Waals surface area contributed by atoms with Crippen LogP contribution in [0.3, 0.4) is 0 Å². The molecule has 2 aromatic heterocycles. The molecule has 0 spiro atoms. The number of fused-ring (bicyclic) bond motifs is 1. The molecule has 1 aromatic carbocycles. The van der Waals surface area contributed by atoms with Crippen molar-refractivity contribution in [3.05, 3.63) is 48.8 Å². The van der Waals surface area contributed by atoms with Crippen LogP contribution in [0.5, 0.6) is 5.75 Å². The van der Waals surface area contributed by atoms with Crippen LogP contribution in [0.25, 0.3) is 16.9 Å². The van der Waals surface area contributed by atoms with E-state index in [9.17, 15) is 5.11 Å². The van der Waals surface area contributed by atoms with Crippen molar-refractivity contribution in [2.75, 3.05) is 5.73 Å². The first-order chi connectivity index (χ1) is 8.25. The Morgan fingerprint density at radius 3 is 2.71 bits per heavy atom. The molecule has 0 amide bonds. The van der Waals surface area contributed by atoms with Crippen molar-refractivity contribution in [3.8, 4) is 17.0 Å². The van der Waals surface area contributed by atoms with Crippen LogP contribution in [0, 0.1) is 0 Å². The third kappa shape index (κ3) is 1.50. The lowest BCUT2D eigenvalue weighted by molar-refractivity contribution is 0.477. The number of nitrogen functional groups attached to an aromatic ring is 1. The molecule has 4 heteroatoms. The molecule has 3 N–H and O–H groups in total. The second-order valence-electron chi connectivity index (χ2n) is 3.84. The molecule has 0 bridgehead atoms. The Hall–Kier alpha value is -2.49. The zero-order valence-corrected chi connectivity index (χ0v) is 9.04. The zero-order chi connectivity index (χ0) is 11.8. The maximum absolute atomic E-state index is 9.69. The summed E-state index contributed by atoms with van der Waals surface area (Å²) in [5.74, 6) is 0.160. The van der Waals surface area contributed by atoms with Crippen LogP contribution < -0.4 is 5.73 Å². The lowest BCUT2D eigenvalue weighted by Gasteiger charge is -1.99. The number of rotatable bonds is 1. The highest BCUT2D eigenvalue weighted by Gasteiger charge is 2.08. The van der Waals surface area contributed by atoms with E-state index < -0.39 is 0 Å². The van der Waals surface area contributed by atoms with E-state index in [4.69, 9.17) is 5.73 Å². The van der Waals surface area contributed by atoms with Crippen molar-refractivity contribution >= 4 is 11.3 Å². The molecule has 3 aromatic rings. The van der Waals surface area contributed by atoms with Gasteiger partial charge in [-0.2, -0.15) is 0 Å². The maximum atomic E-state index is 9.69. The van der Waals surface area contributed by atoms with Crippen LogP contribution >= 0.6 is 0 Å². The number of nitrogens with two attached hydrogens (primary N) is 1. The molecule has 84 valence electrons. The van der Waals surface area contributed by atoms with Crippen LogP contribution in [0.1, 0.15) is 0 Å². The fraction of sp³-hybridized carbons (Fsp3) is 0. The van der Waals surface area contributed by atoms with E-state index >= 15 is 0 Å². The summed E-state index contributed by atoms with van der Waals surface area (Å²) in [6, 6.07) is 10.9. The molecule has 2 heterocycles. The number of aromatic nitrogens is 2. The van der Waals surface area contributed by atoms with Gasteiger partial charge in [0.1, 0.15) is 0 Å². The minimum atomic E-state index is 0.160. The lowest BCUT2D eigenvalue weighted by atomic mass is 10.1. The van der Waals surface area contributed by atoms with Crippen LogP contribution in [-0.4, -0.2) is 14.5 Å². The van der Waals surface area contributed by atoms with Crippen LogP contribution in [-0.2, 0) is 0 Å². The van der Waals surface area contributed by atoms with E-state index in [2.05, 4.69) is 4.98 Å². The molecule has 0 aliphatic carbocycles.